The summed E-state index contributed by atoms with van der Waals surface area (Å²) in [5.74, 6) is -0.247. The van der Waals surface area contributed by atoms with Crippen molar-refractivity contribution in [3.8, 4) is 0 Å². The molecule has 0 spiro atoms. The number of nitro benzene ring substituents is 1. The zero-order chi connectivity index (χ0) is 22.8. The summed E-state index contributed by atoms with van der Waals surface area (Å²) in [5.41, 5.74) is 0.700. The topological polar surface area (TPSA) is 123 Å². The summed E-state index contributed by atoms with van der Waals surface area (Å²) in [6.07, 6.45) is 3.78. The second-order valence-corrected chi connectivity index (χ2v) is 7.80. The predicted octanol–water partition coefficient (Wildman–Crippen LogP) is 2.75. The normalized spacial score (nSPS) is 12.9. The Labute approximate surface area is 184 Å². The summed E-state index contributed by atoms with van der Waals surface area (Å²) in [4.78, 5) is 38.6. The van der Waals surface area contributed by atoms with Gasteiger partial charge in [0.1, 0.15) is 12.0 Å². The molecular formula is C22H22N6O4. The molecule has 32 heavy (non-hydrogen) atoms. The van der Waals surface area contributed by atoms with E-state index in [9.17, 15) is 19.7 Å². The summed E-state index contributed by atoms with van der Waals surface area (Å²) in [6.45, 7) is 0.181. The molecule has 0 saturated heterocycles. The largest absolute Gasteiger partial charge is 0.372 e. The van der Waals surface area contributed by atoms with E-state index in [1.807, 2.05) is 4.57 Å². The second kappa shape index (κ2) is 8.58. The first-order valence-electron chi connectivity index (χ1n) is 10.1. The van der Waals surface area contributed by atoms with Gasteiger partial charge in [-0.3, -0.25) is 19.7 Å². The van der Waals surface area contributed by atoms with Crippen molar-refractivity contribution in [2.75, 3.05) is 19.0 Å². The van der Waals surface area contributed by atoms with Crippen LogP contribution in [0.25, 0.3) is 0 Å². The molecule has 1 saturated carbocycles. The number of rotatable bonds is 8. The Bertz CT molecular complexity index is 1200. The molecule has 0 radical (unpaired) electrons. The molecular weight excluding hydrogens is 412 g/mol. The van der Waals surface area contributed by atoms with Crippen LogP contribution in [-0.4, -0.2) is 45.5 Å². The highest BCUT2D eigenvalue weighted by Gasteiger charge is 2.27. The van der Waals surface area contributed by atoms with Crippen molar-refractivity contribution in [3.05, 3.63) is 81.4 Å². The highest BCUT2D eigenvalue weighted by Crippen LogP contribution is 2.35. The minimum absolute atomic E-state index is 0.135. The van der Waals surface area contributed by atoms with Crippen molar-refractivity contribution in [2.45, 2.75) is 25.4 Å². The molecule has 2 aromatic carbocycles. The van der Waals surface area contributed by atoms with E-state index in [1.54, 1.807) is 43.5 Å². The minimum atomic E-state index is -0.527. The van der Waals surface area contributed by atoms with Crippen LogP contribution in [0.5, 0.6) is 0 Å². The van der Waals surface area contributed by atoms with Gasteiger partial charge in [-0.2, -0.15) is 0 Å². The van der Waals surface area contributed by atoms with Gasteiger partial charge in [0.25, 0.3) is 11.6 Å². The molecule has 0 unspecified atom stereocenters. The number of carbonyl (C=O) groups is 2. The molecule has 10 nitrogen and oxygen atoms in total. The lowest BCUT2D eigenvalue weighted by Crippen LogP contribution is -2.26. The van der Waals surface area contributed by atoms with Crippen LogP contribution >= 0.6 is 0 Å². The average molecular weight is 434 g/mol. The quantitative estimate of drug-likeness (QED) is 0.328. The van der Waals surface area contributed by atoms with Crippen molar-refractivity contribution in [1.82, 2.24) is 20.1 Å². The fourth-order valence-corrected chi connectivity index (χ4v) is 3.53. The van der Waals surface area contributed by atoms with Crippen molar-refractivity contribution in [3.63, 3.8) is 0 Å². The lowest BCUT2D eigenvalue weighted by Gasteiger charge is -2.14. The Morgan fingerprint density at radius 3 is 2.56 bits per heavy atom. The van der Waals surface area contributed by atoms with E-state index in [2.05, 4.69) is 15.5 Å². The van der Waals surface area contributed by atoms with Gasteiger partial charge in [0.2, 0.25) is 0 Å². The Morgan fingerprint density at radius 2 is 1.91 bits per heavy atom. The number of hydrogen-bond donors (Lipinski definition) is 1. The number of nitrogens with zero attached hydrogens (tertiary/aromatic N) is 5. The number of anilines is 1. The first-order valence-corrected chi connectivity index (χ1v) is 10.1. The maximum absolute atomic E-state index is 13.2. The number of hydrogen-bond acceptors (Lipinski definition) is 7. The van der Waals surface area contributed by atoms with Gasteiger partial charge in [0.15, 0.2) is 11.6 Å². The van der Waals surface area contributed by atoms with Crippen molar-refractivity contribution in [2.24, 2.45) is 0 Å². The molecule has 10 heteroatoms. The van der Waals surface area contributed by atoms with Crippen LogP contribution in [0.4, 0.5) is 11.4 Å². The maximum atomic E-state index is 13.2. The van der Waals surface area contributed by atoms with Gasteiger partial charge < -0.3 is 14.8 Å². The third-order valence-corrected chi connectivity index (χ3v) is 5.33. The lowest BCUT2D eigenvalue weighted by atomic mass is 9.97. The molecule has 1 amide bonds. The Hall–Kier alpha value is -4.08. The zero-order valence-corrected chi connectivity index (χ0v) is 17.7. The molecule has 0 bridgehead atoms. The average Bonchev–Trinajstić information content (AvgIpc) is 3.53. The standard InChI is InChI=1S/C22H22N6O4/c1-26(2)18-10-7-14(11-19(18)28(31)32)21(29)16-5-3-4-6-17(16)22(30)23-12-20-25-24-13-27(20)15-8-9-15/h3-7,10-11,13,15H,8-9,12H2,1-2H3,(H,23,30). The van der Waals surface area contributed by atoms with E-state index in [1.165, 1.54) is 24.3 Å². The van der Waals surface area contributed by atoms with Gasteiger partial charge >= 0.3 is 0 Å². The van der Waals surface area contributed by atoms with E-state index in [4.69, 9.17) is 0 Å². The van der Waals surface area contributed by atoms with Crippen molar-refractivity contribution >= 4 is 23.1 Å². The lowest BCUT2D eigenvalue weighted by molar-refractivity contribution is -0.384. The summed E-state index contributed by atoms with van der Waals surface area (Å²) < 4.78 is 1.95. The molecule has 1 aliphatic rings. The van der Waals surface area contributed by atoms with Crippen LogP contribution in [0, 0.1) is 10.1 Å². The van der Waals surface area contributed by atoms with Gasteiger partial charge in [-0.1, -0.05) is 18.2 Å². The second-order valence-electron chi connectivity index (χ2n) is 7.80. The molecule has 1 fully saturated rings. The minimum Gasteiger partial charge on any atom is -0.372 e. The number of aromatic nitrogens is 3. The maximum Gasteiger partial charge on any atom is 0.293 e. The fraction of sp³-hybridized carbons (Fsp3) is 0.273. The molecule has 3 aromatic rings. The molecule has 0 aliphatic heterocycles. The van der Waals surface area contributed by atoms with Gasteiger partial charge in [0, 0.05) is 37.3 Å². The summed E-state index contributed by atoms with van der Waals surface area (Å²) in [5, 5.41) is 22.2. The molecule has 1 aromatic heterocycles. The number of ketones is 1. The van der Waals surface area contributed by atoms with Crippen LogP contribution < -0.4 is 10.2 Å². The number of carbonyl (C=O) groups excluding carboxylic acids is 2. The van der Waals surface area contributed by atoms with Crippen LogP contribution in [0.3, 0.4) is 0 Å². The van der Waals surface area contributed by atoms with E-state index >= 15 is 0 Å². The van der Waals surface area contributed by atoms with E-state index in [-0.39, 0.29) is 28.9 Å². The predicted molar refractivity (Wildman–Crippen MR) is 117 cm³/mol. The monoisotopic (exact) mass is 434 g/mol. The molecule has 1 N–H and O–H groups in total. The number of nitro groups is 1. The first kappa shape index (κ1) is 21.2. The fourth-order valence-electron chi connectivity index (χ4n) is 3.53. The molecule has 1 heterocycles. The summed E-state index contributed by atoms with van der Waals surface area (Å²) in [6, 6.07) is 11.1. The van der Waals surface area contributed by atoms with Gasteiger partial charge in [-0.15, -0.1) is 10.2 Å². The van der Waals surface area contributed by atoms with Gasteiger partial charge in [0.05, 0.1) is 17.0 Å². The zero-order valence-electron chi connectivity index (χ0n) is 17.7. The number of benzene rings is 2. The molecule has 4 rings (SSSR count). The highest BCUT2D eigenvalue weighted by molar-refractivity contribution is 6.15. The first-order chi connectivity index (χ1) is 15.4. The van der Waals surface area contributed by atoms with E-state index in [0.717, 1.165) is 12.8 Å². The Balaban J connectivity index is 1.58. The summed E-state index contributed by atoms with van der Waals surface area (Å²) in [7, 11) is 3.38. The third-order valence-electron chi connectivity index (χ3n) is 5.33. The Kier molecular flexibility index (Phi) is 5.67. The smallest absolute Gasteiger partial charge is 0.293 e. The number of amides is 1. The highest BCUT2D eigenvalue weighted by atomic mass is 16.6. The molecule has 164 valence electrons. The van der Waals surface area contributed by atoms with Crippen LogP contribution in [0.2, 0.25) is 0 Å². The summed E-state index contributed by atoms with van der Waals surface area (Å²) >= 11 is 0. The van der Waals surface area contributed by atoms with E-state index < -0.39 is 16.6 Å². The molecule has 1 aliphatic carbocycles. The number of nitrogens with one attached hydrogen (secondary N) is 1. The van der Waals surface area contributed by atoms with Crippen molar-refractivity contribution < 1.29 is 14.5 Å². The van der Waals surface area contributed by atoms with Crippen LogP contribution in [0.1, 0.15) is 51.0 Å². The SMILES string of the molecule is CN(C)c1ccc(C(=O)c2ccccc2C(=O)NCc2nncn2C2CC2)cc1[N+](=O)[O-]. The van der Waals surface area contributed by atoms with Crippen LogP contribution in [0.15, 0.2) is 48.8 Å². The molecule has 0 atom stereocenters. The van der Waals surface area contributed by atoms with Crippen LogP contribution in [-0.2, 0) is 6.54 Å². The van der Waals surface area contributed by atoms with E-state index in [0.29, 0.717) is 17.6 Å². The van der Waals surface area contributed by atoms with Gasteiger partial charge in [-0.05, 0) is 31.0 Å². The Morgan fingerprint density at radius 1 is 1.19 bits per heavy atom. The van der Waals surface area contributed by atoms with Crippen molar-refractivity contribution in [1.29, 1.82) is 0 Å². The third kappa shape index (κ3) is 4.20. The van der Waals surface area contributed by atoms with Gasteiger partial charge in [-0.25, -0.2) is 0 Å².